The minimum absolute atomic E-state index is 0.457. The van der Waals surface area contributed by atoms with Crippen molar-refractivity contribution in [3.05, 3.63) is 24.3 Å². The molecule has 0 unspecified atom stereocenters. The second kappa shape index (κ2) is 4.06. The van der Waals surface area contributed by atoms with Gasteiger partial charge >= 0.3 is 0 Å². The minimum atomic E-state index is 0.457. The van der Waals surface area contributed by atoms with E-state index in [1.165, 1.54) is 19.5 Å². The molecule has 104 valence electrons. The van der Waals surface area contributed by atoms with Crippen LogP contribution in [0.2, 0.25) is 0 Å². The van der Waals surface area contributed by atoms with Crippen molar-refractivity contribution >= 4 is 22.7 Å². The first-order valence-electron chi connectivity index (χ1n) is 7.11. The summed E-state index contributed by atoms with van der Waals surface area (Å²) in [6.07, 6.45) is 1.28. The number of nitrogens with two attached hydrogens (primary N) is 1. The summed E-state index contributed by atoms with van der Waals surface area (Å²) in [6, 6.07) is 7.92. The highest BCUT2D eigenvalue weighted by atomic mass is 15.3. The molecule has 2 saturated heterocycles. The summed E-state index contributed by atoms with van der Waals surface area (Å²) in [6.45, 7) is 4.49. The van der Waals surface area contributed by atoms with Crippen LogP contribution >= 0.6 is 0 Å². The quantitative estimate of drug-likeness (QED) is 0.847. The zero-order chi connectivity index (χ0) is 13.7. The lowest BCUT2D eigenvalue weighted by atomic mass is 9.79. The molecule has 4 rings (SSSR count). The summed E-state index contributed by atoms with van der Waals surface area (Å²) in [5, 5.41) is 0.937. The van der Waals surface area contributed by atoms with Crippen LogP contribution in [0.4, 0.5) is 11.8 Å². The molecule has 3 heterocycles. The van der Waals surface area contributed by atoms with Gasteiger partial charge in [-0.3, -0.25) is 0 Å². The summed E-state index contributed by atoms with van der Waals surface area (Å²) in [5.74, 6) is 1.36. The van der Waals surface area contributed by atoms with Gasteiger partial charge < -0.3 is 15.5 Å². The van der Waals surface area contributed by atoms with Gasteiger partial charge in [-0.05, 0) is 32.1 Å². The Labute approximate surface area is 118 Å². The number of hydrogen-bond donors (Lipinski definition) is 1. The highest BCUT2D eigenvalue weighted by Gasteiger charge is 2.47. The van der Waals surface area contributed by atoms with E-state index < -0.39 is 0 Å². The van der Waals surface area contributed by atoms with Crippen molar-refractivity contribution in [3.8, 4) is 0 Å². The molecule has 0 amide bonds. The van der Waals surface area contributed by atoms with Gasteiger partial charge in [-0.2, -0.15) is 4.98 Å². The molecule has 0 aliphatic carbocycles. The standard InChI is InChI=1S/C15H19N5/c1-19-7-6-15(8-19)9-20(10-15)14-17-12-5-3-2-4-11(12)13(16)18-14/h2-5H,6-10H2,1H3,(H2,16,17,18). The van der Waals surface area contributed by atoms with E-state index in [4.69, 9.17) is 5.73 Å². The summed E-state index contributed by atoms with van der Waals surface area (Å²) in [5.41, 5.74) is 7.44. The number of benzene rings is 1. The molecule has 20 heavy (non-hydrogen) atoms. The van der Waals surface area contributed by atoms with Gasteiger partial charge in [0.15, 0.2) is 0 Å². The fourth-order valence-corrected chi connectivity index (χ4v) is 3.55. The first-order chi connectivity index (χ1) is 9.65. The number of rotatable bonds is 1. The summed E-state index contributed by atoms with van der Waals surface area (Å²) in [4.78, 5) is 13.8. The molecule has 2 fully saturated rings. The van der Waals surface area contributed by atoms with Crippen LogP contribution in [0.15, 0.2) is 24.3 Å². The van der Waals surface area contributed by atoms with Gasteiger partial charge in [0.2, 0.25) is 5.95 Å². The van der Waals surface area contributed by atoms with Crippen molar-refractivity contribution in [2.24, 2.45) is 5.41 Å². The second-order valence-electron chi connectivity index (χ2n) is 6.27. The van der Waals surface area contributed by atoms with E-state index in [1.54, 1.807) is 0 Å². The van der Waals surface area contributed by atoms with Gasteiger partial charge in [0, 0.05) is 30.4 Å². The number of aromatic nitrogens is 2. The number of hydrogen-bond acceptors (Lipinski definition) is 5. The fourth-order valence-electron chi connectivity index (χ4n) is 3.55. The number of likely N-dealkylation sites (tertiary alicyclic amines) is 1. The summed E-state index contributed by atoms with van der Waals surface area (Å²) < 4.78 is 0. The lowest BCUT2D eigenvalue weighted by Crippen LogP contribution is -2.58. The van der Waals surface area contributed by atoms with Crippen molar-refractivity contribution in [1.82, 2.24) is 14.9 Å². The number of anilines is 2. The van der Waals surface area contributed by atoms with Crippen LogP contribution in [0.3, 0.4) is 0 Å². The van der Waals surface area contributed by atoms with Crippen molar-refractivity contribution in [2.45, 2.75) is 6.42 Å². The highest BCUT2D eigenvalue weighted by molar-refractivity contribution is 5.88. The Balaban J connectivity index is 1.61. The Bertz CT molecular complexity index is 662. The molecule has 5 heteroatoms. The smallest absolute Gasteiger partial charge is 0.227 e. The van der Waals surface area contributed by atoms with E-state index in [1.807, 2.05) is 24.3 Å². The molecule has 1 aromatic carbocycles. The van der Waals surface area contributed by atoms with Crippen molar-refractivity contribution < 1.29 is 0 Å². The third-order valence-corrected chi connectivity index (χ3v) is 4.59. The van der Waals surface area contributed by atoms with Crippen LogP contribution in [0.1, 0.15) is 6.42 Å². The summed E-state index contributed by atoms with van der Waals surface area (Å²) >= 11 is 0. The van der Waals surface area contributed by atoms with E-state index in [2.05, 4.69) is 26.8 Å². The number of para-hydroxylation sites is 1. The van der Waals surface area contributed by atoms with Gasteiger partial charge in [0.25, 0.3) is 0 Å². The van der Waals surface area contributed by atoms with Crippen LogP contribution in [0, 0.1) is 5.41 Å². The average Bonchev–Trinajstić information content (AvgIpc) is 2.79. The molecule has 2 aromatic rings. The van der Waals surface area contributed by atoms with Crippen LogP contribution < -0.4 is 10.6 Å². The first kappa shape index (κ1) is 11.9. The molecule has 1 spiro atoms. The van der Waals surface area contributed by atoms with Crippen LogP contribution in [0.5, 0.6) is 0 Å². The topological polar surface area (TPSA) is 58.3 Å². The van der Waals surface area contributed by atoms with E-state index in [-0.39, 0.29) is 0 Å². The molecule has 2 aliphatic heterocycles. The zero-order valence-electron chi connectivity index (χ0n) is 11.7. The molecular weight excluding hydrogens is 250 g/mol. The van der Waals surface area contributed by atoms with E-state index >= 15 is 0 Å². The molecule has 0 atom stereocenters. The molecule has 2 aliphatic rings. The third-order valence-electron chi connectivity index (χ3n) is 4.59. The molecule has 1 aromatic heterocycles. The molecule has 0 saturated carbocycles. The Morgan fingerprint density at radius 2 is 1.95 bits per heavy atom. The predicted molar refractivity (Wildman–Crippen MR) is 80.7 cm³/mol. The first-order valence-corrected chi connectivity index (χ1v) is 7.11. The maximum Gasteiger partial charge on any atom is 0.227 e. The van der Waals surface area contributed by atoms with E-state index in [0.29, 0.717) is 11.2 Å². The monoisotopic (exact) mass is 269 g/mol. The Morgan fingerprint density at radius 1 is 1.15 bits per heavy atom. The molecule has 0 radical (unpaired) electrons. The molecule has 0 bridgehead atoms. The Morgan fingerprint density at radius 3 is 2.70 bits per heavy atom. The van der Waals surface area contributed by atoms with Crippen LogP contribution in [0.25, 0.3) is 10.9 Å². The maximum absolute atomic E-state index is 6.05. The van der Waals surface area contributed by atoms with Crippen LogP contribution in [-0.4, -0.2) is 48.1 Å². The van der Waals surface area contributed by atoms with Gasteiger partial charge in [-0.25, -0.2) is 4.98 Å². The highest BCUT2D eigenvalue weighted by Crippen LogP contribution is 2.40. The predicted octanol–water partition coefficient (Wildman–Crippen LogP) is 1.35. The van der Waals surface area contributed by atoms with Crippen molar-refractivity contribution in [1.29, 1.82) is 0 Å². The van der Waals surface area contributed by atoms with Gasteiger partial charge in [-0.1, -0.05) is 12.1 Å². The Hall–Kier alpha value is -1.88. The third kappa shape index (κ3) is 1.73. The number of fused-ring (bicyclic) bond motifs is 1. The maximum atomic E-state index is 6.05. The largest absolute Gasteiger partial charge is 0.383 e. The number of nitrogen functional groups attached to an aromatic ring is 1. The molecule has 2 N–H and O–H groups in total. The fraction of sp³-hybridized carbons (Fsp3) is 0.467. The van der Waals surface area contributed by atoms with Crippen molar-refractivity contribution in [2.75, 3.05) is 43.9 Å². The normalized spacial score (nSPS) is 21.6. The average molecular weight is 269 g/mol. The van der Waals surface area contributed by atoms with Crippen LogP contribution in [-0.2, 0) is 0 Å². The second-order valence-corrected chi connectivity index (χ2v) is 6.27. The lowest BCUT2D eigenvalue weighted by Gasteiger charge is -2.48. The SMILES string of the molecule is CN1CCC2(C1)CN(c1nc(N)c3ccccc3n1)C2. The number of nitrogens with zero attached hydrogens (tertiary/aromatic N) is 4. The lowest BCUT2D eigenvalue weighted by molar-refractivity contribution is 0.215. The van der Waals surface area contributed by atoms with Crippen molar-refractivity contribution in [3.63, 3.8) is 0 Å². The Kier molecular flexibility index (Phi) is 2.41. The minimum Gasteiger partial charge on any atom is -0.383 e. The zero-order valence-corrected chi connectivity index (χ0v) is 11.7. The van der Waals surface area contributed by atoms with E-state index in [9.17, 15) is 0 Å². The summed E-state index contributed by atoms with van der Waals surface area (Å²) in [7, 11) is 2.20. The van der Waals surface area contributed by atoms with Gasteiger partial charge in [-0.15, -0.1) is 0 Å². The molecule has 5 nitrogen and oxygen atoms in total. The van der Waals surface area contributed by atoms with Gasteiger partial charge in [0.05, 0.1) is 5.52 Å². The van der Waals surface area contributed by atoms with Gasteiger partial charge in [0.1, 0.15) is 5.82 Å². The van der Waals surface area contributed by atoms with E-state index in [0.717, 1.165) is 29.9 Å². The molecular formula is C15H19N5.